The largest absolute Gasteiger partial charge is 0.490 e. The molecule has 0 radical (unpaired) electrons. The van der Waals surface area contributed by atoms with Crippen molar-refractivity contribution in [3.63, 3.8) is 0 Å². The SMILES string of the molecule is CCOc1cc(/C=C(\C#N)C(=O)NC(C)c2ccccc2)ccc1OCC(N)=O. The summed E-state index contributed by atoms with van der Waals surface area (Å²) in [6.45, 7) is 3.75. The van der Waals surface area contributed by atoms with Gasteiger partial charge in [0.1, 0.15) is 11.6 Å². The van der Waals surface area contributed by atoms with Gasteiger partial charge in [-0.2, -0.15) is 5.26 Å². The molecule has 0 bridgehead atoms. The van der Waals surface area contributed by atoms with Crippen molar-refractivity contribution in [1.82, 2.24) is 5.32 Å². The molecule has 0 saturated carbocycles. The van der Waals surface area contributed by atoms with Crippen LogP contribution in [0.15, 0.2) is 54.1 Å². The van der Waals surface area contributed by atoms with Crippen LogP contribution in [0.1, 0.15) is 31.0 Å². The first kappa shape index (κ1) is 21.5. The third-order valence-corrected chi connectivity index (χ3v) is 3.96. The van der Waals surface area contributed by atoms with E-state index in [0.717, 1.165) is 5.56 Å². The second-order valence-corrected chi connectivity index (χ2v) is 6.17. The summed E-state index contributed by atoms with van der Waals surface area (Å²) < 4.78 is 10.8. The molecule has 3 N–H and O–H groups in total. The fourth-order valence-electron chi connectivity index (χ4n) is 2.57. The normalized spacial score (nSPS) is 11.8. The number of hydrogen-bond acceptors (Lipinski definition) is 5. The molecule has 7 nitrogen and oxygen atoms in total. The number of primary amides is 1. The molecule has 7 heteroatoms. The number of ether oxygens (including phenoxy) is 2. The fourth-order valence-corrected chi connectivity index (χ4v) is 2.57. The van der Waals surface area contributed by atoms with Crippen LogP contribution in [0.4, 0.5) is 0 Å². The highest BCUT2D eigenvalue weighted by Crippen LogP contribution is 2.29. The minimum Gasteiger partial charge on any atom is -0.490 e. The van der Waals surface area contributed by atoms with Crippen molar-refractivity contribution in [2.75, 3.05) is 13.2 Å². The molecule has 2 aromatic rings. The average molecular weight is 393 g/mol. The first-order chi connectivity index (χ1) is 13.9. The van der Waals surface area contributed by atoms with Crippen molar-refractivity contribution in [1.29, 1.82) is 5.26 Å². The van der Waals surface area contributed by atoms with E-state index < -0.39 is 11.8 Å². The Labute approximate surface area is 169 Å². The number of benzene rings is 2. The van der Waals surface area contributed by atoms with E-state index in [9.17, 15) is 14.9 Å². The van der Waals surface area contributed by atoms with E-state index in [1.165, 1.54) is 6.08 Å². The average Bonchev–Trinajstić information content (AvgIpc) is 2.72. The molecule has 0 saturated heterocycles. The molecular formula is C22H23N3O4. The number of hydrogen-bond donors (Lipinski definition) is 2. The number of carbonyl (C=O) groups is 2. The number of rotatable bonds is 9. The molecule has 150 valence electrons. The summed E-state index contributed by atoms with van der Waals surface area (Å²) in [6.07, 6.45) is 1.47. The molecule has 0 spiro atoms. The van der Waals surface area contributed by atoms with Crippen molar-refractivity contribution in [3.8, 4) is 17.6 Å². The smallest absolute Gasteiger partial charge is 0.262 e. The van der Waals surface area contributed by atoms with Crippen LogP contribution in [0.3, 0.4) is 0 Å². The van der Waals surface area contributed by atoms with Crippen molar-refractivity contribution in [2.24, 2.45) is 5.73 Å². The van der Waals surface area contributed by atoms with Gasteiger partial charge in [-0.25, -0.2) is 0 Å². The van der Waals surface area contributed by atoms with Gasteiger partial charge < -0.3 is 20.5 Å². The molecule has 2 rings (SSSR count). The monoisotopic (exact) mass is 393 g/mol. The van der Waals surface area contributed by atoms with Crippen LogP contribution in [0.5, 0.6) is 11.5 Å². The first-order valence-corrected chi connectivity index (χ1v) is 9.10. The molecule has 0 heterocycles. The standard InChI is InChI=1S/C22H23N3O4/c1-3-28-20-12-16(9-10-19(20)29-14-21(24)26)11-18(13-23)22(27)25-15(2)17-7-5-4-6-8-17/h4-12,15H,3,14H2,1-2H3,(H2,24,26)(H,25,27)/b18-11+. The van der Waals surface area contributed by atoms with Gasteiger partial charge >= 0.3 is 0 Å². The van der Waals surface area contributed by atoms with Gasteiger partial charge in [0.15, 0.2) is 18.1 Å². The Morgan fingerprint density at radius 1 is 1.17 bits per heavy atom. The van der Waals surface area contributed by atoms with Crippen LogP contribution in [0, 0.1) is 11.3 Å². The second kappa shape index (κ2) is 10.5. The topological polar surface area (TPSA) is 114 Å². The highest BCUT2D eigenvalue weighted by molar-refractivity contribution is 6.01. The molecule has 29 heavy (non-hydrogen) atoms. The van der Waals surface area contributed by atoms with Gasteiger partial charge in [-0.3, -0.25) is 9.59 Å². The Morgan fingerprint density at radius 2 is 1.90 bits per heavy atom. The van der Waals surface area contributed by atoms with E-state index >= 15 is 0 Å². The van der Waals surface area contributed by atoms with Gasteiger partial charge in [-0.1, -0.05) is 36.4 Å². The molecule has 1 unspecified atom stereocenters. The highest BCUT2D eigenvalue weighted by Gasteiger charge is 2.14. The van der Waals surface area contributed by atoms with Crippen LogP contribution in [0.25, 0.3) is 6.08 Å². The number of carbonyl (C=O) groups excluding carboxylic acids is 2. The second-order valence-electron chi connectivity index (χ2n) is 6.17. The van der Waals surface area contributed by atoms with Gasteiger partial charge in [0.05, 0.1) is 12.6 Å². The Hall–Kier alpha value is -3.79. The first-order valence-electron chi connectivity index (χ1n) is 9.10. The predicted molar refractivity (Wildman–Crippen MR) is 109 cm³/mol. The minimum atomic E-state index is -0.604. The molecule has 0 aliphatic rings. The molecule has 0 aromatic heterocycles. The van der Waals surface area contributed by atoms with E-state index in [-0.39, 0.29) is 18.2 Å². The molecule has 0 aliphatic heterocycles. The van der Waals surface area contributed by atoms with Crippen LogP contribution in [-0.2, 0) is 9.59 Å². The van der Waals surface area contributed by atoms with Gasteiger partial charge in [0.25, 0.3) is 11.8 Å². The maximum Gasteiger partial charge on any atom is 0.262 e. The predicted octanol–water partition coefficient (Wildman–Crippen LogP) is 2.73. The van der Waals surface area contributed by atoms with Crippen LogP contribution >= 0.6 is 0 Å². The lowest BCUT2D eigenvalue weighted by atomic mass is 10.1. The Bertz CT molecular complexity index is 933. The van der Waals surface area contributed by atoms with Gasteiger partial charge in [0, 0.05) is 0 Å². The number of nitrogens with one attached hydrogen (secondary N) is 1. The van der Waals surface area contributed by atoms with Crippen molar-refractivity contribution in [2.45, 2.75) is 19.9 Å². The van der Waals surface area contributed by atoms with E-state index in [4.69, 9.17) is 15.2 Å². The molecular weight excluding hydrogens is 370 g/mol. The third kappa shape index (κ3) is 6.40. The Kier molecular flexibility index (Phi) is 7.80. The van der Waals surface area contributed by atoms with Crippen LogP contribution < -0.4 is 20.5 Å². The van der Waals surface area contributed by atoms with E-state index in [2.05, 4.69) is 5.32 Å². The summed E-state index contributed by atoms with van der Waals surface area (Å²) >= 11 is 0. The molecule has 2 aromatic carbocycles. The summed E-state index contributed by atoms with van der Waals surface area (Å²) in [7, 11) is 0. The fraction of sp³-hybridized carbons (Fsp3) is 0.227. The van der Waals surface area contributed by atoms with E-state index in [0.29, 0.717) is 23.7 Å². The zero-order valence-corrected chi connectivity index (χ0v) is 16.3. The van der Waals surface area contributed by atoms with Gasteiger partial charge in [-0.05, 0) is 43.2 Å². The quantitative estimate of drug-likeness (QED) is 0.502. The summed E-state index contributed by atoms with van der Waals surface area (Å²) in [5, 5.41) is 12.2. The minimum absolute atomic E-state index is 0.0407. The zero-order valence-electron chi connectivity index (χ0n) is 16.3. The molecule has 0 fully saturated rings. The molecule has 1 atom stereocenters. The maximum absolute atomic E-state index is 12.5. The summed E-state index contributed by atoms with van der Waals surface area (Å²) in [5.74, 6) is -0.343. The lowest BCUT2D eigenvalue weighted by Crippen LogP contribution is -2.27. The highest BCUT2D eigenvalue weighted by atomic mass is 16.5. The summed E-state index contributed by atoms with van der Waals surface area (Å²) in [5.41, 5.74) is 6.58. The lowest BCUT2D eigenvalue weighted by molar-refractivity contribution is -0.120. The van der Waals surface area contributed by atoms with Gasteiger partial charge in [0.2, 0.25) is 0 Å². The number of amides is 2. The number of nitriles is 1. The van der Waals surface area contributed by atoms with Crippen molar-refractivity contribution in [3.05, 3.63) is 65.2 Å². The molecule has 2 amide bonds. The Balaban J connectivity index is 2.20. The summed E-state index contributed by atoms with van der Waals surface area (Å²) in [6, 6.07) is 16.0. The van der Waals surface area contributed by atoms with Crippen LogP contribution in [0.2, 0.25) is 0 Å². The summed E-state index contributed by atoms with van der Waals surface area (Å²) in [4.78, 5) is 23.4. The van der Waals surface area contributed by atoms with Crippen molar-refractivity contribution < 1.29 is 19.1 Å². The molecule has 0 aliphatic carbocycles. The number of nitrogens with zero attached hydrogens (tertiary/aromatic N) is 1. The zero-order chi connectivity index (χ0) is 21.2. The number of nitrogens with two attached hydrogens (primary N) is 1. The van der Waals surface area contributed by atoms with E-state index in [1.54, 1.807) is 25.1 Å². The van der Waals surface area contributed by atoms with Crippen molar-refractivity contribution >= 4 is 17.9 Å². The third-order valence-electron chi connectivity index (χ3n) is 3.96. The Morgan fingerprint density at radius 3 is 2.52 bits per heavy atom. The van der Waals surface area contributed by atoms with E-state index in [1.807, 2.05) is 43.3 Å². The van der Waals surface area contributed by atoms with Gasteiger partial charge in [-0.15, -0.1) is 0 Å². The van der Waals surface area contributed by atoms with Crippen LogP contribution in [-0.4, -0.2) is 25.0 Å². The maximum atomic E-state index is 12.5. The lowest BCUT2D eigenvalue weighted by Gasteiger charge is -2.14.